The van der Waals surface area contributed by atoms with Crippen molar-refractivity contribution in [1.29, 1.82) is 0 Å². The number of rotatable bonds is 3. The lowest BCUT2D eigenvalue weighted by molar-refractivity contribution is -0.119. The number of carbonyl (C=O) groups is 2. The fourth-order valence-corrected chi connectivity index (χ4v) is 2.55. The number of aromatic nitrogens is 2. The summed E-state index contributed by atoms with van der Waals surface area (Å²) in [5.74, 6) is -1.65. The number of carbonyl (C=O) groups excluding carboxylic acids is 1. The largest absolute Gasteiger partial charge is 0.476 e. The van der Waals surface area contributed by atoms with Crippen LogP contribution in [0.3, 0.4) is 0 Å². The highest BCUT2D eigenvalue weighted by Crippen LogP contribution is 2.27. The Balaban J connectivity index is 1.76. The van der Waals surface area contributed by atoms with Crippen molar-refractivity contribution >= 4 is 17.7 Å². The standard InChI is InChI=1S/C15H13N3O3/c19-14(11-7-9-3-1-2-4-10(9)8-11)18-13-12(15(20)21)16-5-6-17-13/h1-6,11H,7-8H2,(H,20,21)(H,17,18,19). The van der Waals surface area contributed by atoms with Crippen LogP contribution in [0.1, 0.15) is 21.6 Å². The molecule has 6 nitrogen and oxygen atoms in total. The topological polar surface area (TPSA) is 92.2 Å². The van der Waals surface area contributed by atoms with Gasteiger partial charge in [-0.05, 0) is 24.0 Å². The Hall–Kier alpha value is -2.76. The second-order valence-electron chi connectivity index (χ2n) is 4.92. The van der Waals surface area contributed by atoms with Crippen LogP contribution in [0.5, 0.6) is 0 Å². The fourth-order valence-electron chi connectivity index (χ4n) is 2.55. The molecule has 2 aromatic rings. The third kappa shape index (κ3) is 2.60. The first-order chi connectivity index (χ1) is 10.1. The number of aromatic carboxylic acids is 1. The molecule has 0 spiro atoms. The monoisotopic (exact) mass is 283 g/mol. The van der Waals surface area contributed by atoms with Gasteiger partial charge in [-0.15, -0.1) is 0 Å². The van der Waals surface area contributed by atoms with E-state index in [1.807, 2.05) is 24.3 Å². The molecule has 0 saturated heterocycles. The van der Waals surface area contributed by atoms with Gasteiger partial charge < -0.3 is 10.4 Å². The maximum atomic E-state index is 12.3. The van der Waals surface area contributed by atoms with E-state index in [0.29, 0.717) is 12.8 Å². The molecule has 1 heterocycles. The van der Waals surface area contributed by atoms with E-state index in [0.717, 1.165) is 11.1 Å². The summed E-state index contributed by atoms with van der Waals surface area (Å²) in [6.07, 6.45) is 3.95. The van der Waals surface area contributed by atoms with Crippen molar-refractivity contribution < 1.29 is 14.7 Å². The van der Waals surface area contributed by atoms with Gasteiger partial charge in [-0.2, -0.15) is 0 Å². The van der Waals surface area contributed by atoms with E-state index in [4.69, 9.17) is 5.11 Å². The van der Waals surface area contributed by atoms with Gasteiger partial charge in [0.05, 0.1) is 0 Å². The number of amides is 1. The van der Waals surface area contributed by atoms with Crippen LogP contribution < -0.4 is 5.32 Å². The van der Waals surface area contributed by atoms with E-state index < -0.39 is 5.97 Å². The van der Waals surface area contributed by atoms with Crippen LogP contribution in [0.2, 0.25) is 0 Å². The van der Waals surface area contributed by atoms with E-state index in [1.54, 1.807) is 0 Å². The first kappa shape index (κ1) is 13.2. The van der Waals surface area contributed by atoms with Gasteiger partial charge in [0.25, 0.3) is 0 Å². The van der Waals surface area contributed by atoms with Crippen molar-refractivity contribution in [2.24, 2.45) is 5.92 Å². The lowest BCUT2D eigenvalue weighted by Gasteiger charge is -2.10. The van der Waals surface area contributed by atoms with E-state index >= 15 is 0 Å². The molecular formula is C15H13N3O3. The summed E-state index contributed by atoms with van der Waals surface area (Å²) in [5, 5.41) is 11.6. The van der Waals surface area contributed by atoms with Crippen molar-refractivity contribution in [3.63, 3.8) is 0 Å². The zero-order valence-corrected chi connectivity index (χ0v) is 11.1. The number of benzene rings is 1. The molecule has 1 aromatic heterocycles. The Morgan fingerprint density at radius 1 is 1.10 bits per heavy atom. The summed E-state index contributed by atoms with van der Waals surface area (Å²) in [6, 6.07) is 7.91. The van der Waals surface area contributed by atoms with Crippen molar-refractivity contribution in [2.75, 3.05) is 5.32 Å². The zero-order chi connectivity index (χ0) is 14.8. The van der Waals surface area contributed by atoms with Gasteiger partial charge in [0, 0.05) is 18.3 Å². The summed E-state index contributed by atoms with van der Waals surface area (Å²) < 4.78 is 0. The molecule has 0 fully saturated rings. The molecule has 0 saturated carbocycles. The van der Waals surface area contributed by atoms with Crippen molar-refractivity contribution in [2.45, 2.75) is 12.8 Å². The molecular weight excluding hydrogens is 270 g/mol. The summed E-state index contributed by atoms with van der Waals surface area (Å²) in [6.45, 7) is 0. The Kier molecular flexibility index (Phi) is 3.35. The van der Waals surface area contributed by atoms with E-state index in [9.17, 15) is 9.59 Å². The second kappa shape index (κ2) is 5.32. The van der Waals surface area contributed by atoms with Gasteiger partial charge >= 0.3 is 5.97 Å². The first-order valence-corrected chi connectivity index (χ1v) is 6.57. The minimum atomic E-state index is -1.21. The molecule has 1 aliphatic carbocycles. The summed E-state index contributed by atoms with van der Waals surface area (Å²) in [4.78, 5) is 30.9. The first-order valence-electron chi connectivity index (χ1n) is 6.57. The molecule has 0 aliphatic heterocycles. The molecule has 1 aromatic carbocycles. The van der Waals surface area contributed by atoms with Crippen molar-refractivity contribution in [1.82, 2.24) is 9.97 Å². The maximum Gasteiger partial charge on any atom is 0.358 e. The molecule has 0 unspecified atom stereocenters. The molecule has 106 valence electrons. The van der Waals surface area contributed by atoms with Crippen LogP contribution in [-0.4, -0.2) is 27.0 Å². The third-order valence-corrected chi connectivity index (χ3v) is 3.56. The summed E-state index contributed by atoms with van der Waals surface area (Å²) >= 11 is 0. The minimum absolute atomic E-state index is 0.00837. The number of hydrogen-bond acceptors (Lipinski definition) is 4. The van der Waals surface area contributed by atoms with E-state index in [2.05, 4.69) is 15.3 Å². The van der Waals surface area contributed by atoms with Crippen LogP contribution in [0.4, 0.5) is 5.82 Å². The molecule has 6 heteroatoms. The smallest absolute Gasteiger partial charge is 0.358 e. The molecule has 0 atom stereocenters. The van der Waals surface area contributed by atoms with E-state index in [-0.39, 0.29) is 23.3 Å². The minimum Gasteiger partial charge on any atom is -0.476 e. The Bertz CT molecular complexity index is 690. The van der Waals surface area contributed by atoms with Gasteiger partial charge in [-0.1, -0.05) is 24.3 Å². The Labute approximate surface area is 120 Å². The lowest BCUT2D eigenvalue weighted by atomic mass is 10.1. The molecule has 1 amide bonds. The van der Waals surface area contributed by atoms with E-state index in [1.165, 1.54) is 12.4 Å². The number of nitrogens with one attached hydrogen (secondary N) is 1. The summed E-state index contributed by atoms with van der Waals surface area (Å²) in [5.41, 5.74) is 2.08. The van der Waals surface area contributed by atoms with Gasteiger partial charge in [0.15, 0.2) is 11.5 Å². The zero-order valence-electron chi connectivity index (χ0n) is 11.1. The molecule has 3 rings (SSSR count). The fraction of sp³-hybridized carbons (Fsp3) is 0.200. The average molecular weight is 283 g/mol. The van der Waals surface area contributed by atoms with Gasteiger partial charge in [-0.3, -0.25) is 4.79 Å². The Morgan fingerprint density at radius 2 is 1.71 bits per heavy atom. The number of hydrogen-bond donors (Lipinski definition) is 2. The SMILES string of the molecule is O=C(O)c1nccnc1NC(=O)C1Cc2ccccc2C1. The maximum absolute atomic E-state index is 12.3. The quantitative estimate of drug-likeness (QED) is 0.891. The summed E-state index contributed by atoms with van der Waals surface area (Å²) in [7, 11) is 0. The second-order valence-corrected chi connectivity index (χ2v) is 4.92. The molecule has 0 radical (unpaired) electrons. The van der Waals surface area contributed by atoms with Crippen molar-refractivity contribution in [3.8, 4) is 0 Å². The van der Waals surface area contributed by atoms with Gasteiger partial charge in [0.2, 0.25) is 5.91 Å². The number of carboxylic acid groups (broad SMARTS) is 1. The number of nitrogens with zero attached hydrogens (tertiary/aromatic N) is 2. The van der Waals surface area contributed by atoms with Crippen LogP contribution in [-0.2, 0) is 17.6 Å². The highest BCUT2D eigenvalue weighted by atomic mass is 16.4. The number of fused-ring (bicyclic) bond motifs is 1. The predicted octanol–water partition coefficient (Wildman–Crippen LogP) is 1.53. The normalized spacial score (nSPS) is 13.7. The lowest BCUT2D eigenvalue weighted by Crippen LogP contribution is -2.25. The molecule has 1 aliphatic rings. The molecule has 0 bridgehead atoms. The Morgan fingerprint density at radius 3 is 2.33 bits per heavy atom. The highest BCUT2D eigenvalue weighted by molar-refractivity contribution is 5.98. The van der Waals surface area contributed by atoms with Crippen molar-refractivity contribution in [3.05, 3.63) is 53.5 Å². The van der Waals surface area contributed by atoms with Gasteiger partial charge in [0.1, 0.15) is 0 Å². The highest BCUT2D eigenvalue weighted by Gasteiger charge is 2.28. The van der Waals surface area contributed by atoms with Crippen LogP contribution in [0.25, 0.3) is 0 Å². The van der Waals surface area contributed by atoms with Gasteiger partial charge in [-0.25, -0.2) is 14.8 Å². The number of carboxylic acids is 1. The molecule has 2 N–H and O–H groups in total. The average Bonchev–Trinajstić information content (AvgIpc) is 2.91. The molecule has 21 heavy (non-hydrogen) atoms. The van der Waals surface area contributed by atoms with Crippen LogP contribution in [0.15, 0.2) is 36.7 Å². The van der Waals surface area contributed by atoms with Crippen LogP contribution >= 0.6 is 0 Å². The predicted molar refractivity (Wildman–Crippen MR) is 75.0 cm³/mol. The van der Waals surface area contributed by atoms with Crippen LogP contribution in [0, 0.1) is 5.92 Å². The third-order valence-electron chi connectivity index (χ3n) is 3.56. The number of anilines is 1.